The third kappa shape index (κ3) is 2.77. The van der Waals surface area contributed by atoms with E-state index in [0.717, 1.165) is 31.6 Å². The molecule has 1 aliphatic rings. The van der Waals surface area contributed by atoms with Crippen LogP contribution >= 0.6 is 0 Å². The van der Waals surface area contributed by atoms with E-state index >= 15 is 0 Å². The molecule has 0 saturated heterocycles. The first kappa shape index (κ1) is 13.7. The molecule has 0 fully saturated rings. The fourth-order valence-corrected chi connectivity index (χ4v) is 2.75. The zero-order valence-corrected chi connectivity index (χ0v) is 12.5. The second-order valence-electron chi connectivity index (χ2n) is 5.60. The molecule has 0 radical (unpaired) electrons. The summed E-state index contributed by atoms with van der Waals surface area (Å²) >= 11 is 0. The number of para-hydroxylation sites is 1. The fraction of sp³-hybridized carbons (Fsp3) is 0.375. The first-order chi connectivity index (χ1) is 10.1. The lowest BCUT2D eigenvalue weighted by Gasteiger charge is -2.30. The standard InChI is InChI=1S/C16H20N4O/c1-18(2)16(21)20-11-14(17-12-20)10-19-9-5-7-13-6-3-4-8-15(13)19/h3-4,6,8,11-12H,5,7,9-10H2,1-2H3. The van der Waals surface area contributed by atoms with E-state index in [1.807, 2.05) is 6.20 Å². The molecule has 1 amide bonds. The molecule has 5 heteroatoms. The molecule has 0 atom stereocenters. The maximum absolute atomic E-state index is 11.9. The van der Waals surface area contributed by atoms with Gasteiger partial charge in [-0.05, 0) is 24.5 Å². The van der Waals surface area contributed by atoms with Crippen molar-refractivity contribution in [3.8, 4) is 0 Å². The number of hydrogen-bond acceptors (Lipinski definition) is 3. The first-order valence-corrected chi connectivity index (χ1v) is 7.22. The van der Waals surface area contributed by atoms with Crippen LogP contribution in [0.15, 0.2) is 36.8 Å². The Morgan fingerprint density at radius 3 is 2.95 bits per heavy atom. The fourth-order valence-electron chi connectivity index (χ4n) is 2.75. The Hall–Kier alpha value is -2.30. The third-order valence-corrected chi connectivity index (χ3v) is 3.80. The summed E-state index contributed by atoms with van der Waals surface area (Å²) in [4.78, 5) is 20.1. The predicted molar refractivity (Wildman–Crippen MR) is 82.5 cm³/mol. The van der Waals surface area contributed by atoms with Crippen LogP contribution in [0.5, 0.6) is 0 Å². The van der Waals surface area contributed by atoms with Crippen LogP contribution in [-0.2, 0) is 13.0 Å². The van der Waals surface area contributed by atoms with Crippen LogP contribution in [0.2, 0.25) is 0 Å². The number of rotatable bonds is 2. The zero-order valence-electron chi connectivity index (χ0n) is 12.5. The molecule has 0 bridgehead atoms. The summed E-state index contributed by atoms with van der Waals surface area (Å²) in [7, 11) is 3.48. The highest BCUT2D eigenvalue weighted by Crippen LogP contribution is 2.27. The van der Waals surface area contributed by atoms with Crippen molar-refractivity contribution in [1.82, 2.24) is 14.5 Å². The lowest BCUT2D eigenvalue weighted by atomic mass is 10.0. The van der Waals surface area contributed by atoms with Gasteiger partial charge >= 0.3 is 6.03 Å². The van der Waals surface area contributed by atoms with E-state index in [1.54, 1.807) is 25.3 Å². The molecule has 1 aromatic heterocycles. The molecule has 0 N–H and O–H groups in total. The molecule has 0 saturated carbocycles. The third-order valence-electron chi connectivity index (χ3n) is 3.80. The second kappa shape index (κ2) is 5.60. The molecule has 0 unspecified atom stereocenters. The van der Waals surface area contributed by atoms with E-state index in [1.165, 1.54) is 15.8 Å². The highest BCUT2D eigenvalue weighted by Gasteiger charge is 2.17. The van der Waals surface area contributed by atoms with Crippen LogP contribution in [0.25, 0.3) is 0 Å². The lowest BCUT2D eigenvalue weighted by Crippen LogP contribution is -2.29. The van der Waals surface area contributed by atoms with Crippen LogP contribution < -0.4 is 4.90 Å². The summed E-state index contributed by atoms with van der Waals surface area (Å²) < 4.78 is 1.53. The first-order valence-electron chi connectivity index (χ1n) is 7.22. The van der Waals surface area contributed by atoms with Gasteiger partial charge in [-0.3, -0.25) is 4.57 Å². The van der Waals surface area contributed by atoms with Gasteiger partial charge in [-0.25, -0.2) is 9.78 Å². The van der Waals surface area contributed by atoms with Gasteiger partial charge in [0.05, 0.1) is 12.2 Å². The Balaban J connectivity index is 1.78. The van der Waals surface area contributed by atoms with Crippen LogP contribution in [-0.4, -0.2) is 41.1 Å². The van der Waals surface area contributed by atoms with Crippen molar-refractivity contribution in [2.45, 2.75) is 19.4 Å². The van der Waals surface area contributed by atoms with Crippen LogP contribution in [0.3, 0.4) is 0 Å². The van der Waals surface area contributed by atoms with E-state index in [9.17, 15) is 4.79 Å². The maximum Gasteiger partial charge on any atom is 0.328 e. The number of carbonyl (C=O) groups excluding carboxylic acids is 1. The topological polar surface area (TPSA) is 41.4 Å². The van der Waals surface area contributed by atoms with Gasteiger partial charge in [0.2, 0.25) is 0 Å². The normalized spacial score (nSPS) is 13.9. The van der Waals surface area contributed by atoms with Gasteiger partial charge in [-0.1, -0.05) is 18.2 Å². The molecule has 110 valence electrons. The van der Waals surface area contributed by atoms with E-state index in [0.29, 0.717) is 0 Å². The predicted octanol–water partition coefficient (Wildman–Crippen LogP) is 2.37. The number of hydrogen-bond donors (Lipinski definition) is 0. The number of imidazole rings is 1. The summed E-state index contributed by atoms with van der Waals surface area (Å²) in [5.74, 6) is 0. The number of benzene rings is 1. The second-order valence-corrected chi connectivity index (χ2v) is 5.60. The van der Waals surface area contributed by atoms with Crippen molar-refractivity contribution in [2.24, 2.45) is 0 Å². The van der Waals surface area contributed by atoms with Gasteiger partial charge in [0.1, 0.15) is 6.33 Å². The maximum atomic E-state index is 11.9. The summed E-state index contributed by atoms with van der Waals surface area (Å²) in [5.41, 5.74) is 3.60. The van der Waals surface area contributed by atoms with Gasteiger partial charge in [-0.15, -0.1) is 0 Å². The van der Waals surface area contributed by atoms with E-state index < -0.39 is 0 Å². The number of fused-ring (bicyclic) bond motifs is 1. The minimum absolute atomic E-state index is 0.0761. The molecule has 3 rings (SSSR count). The molecule has 1 aliphatic heterocycles. The average Bonchev–Trinajstić information content (AvgIpc) is 2.95. The highest BCUT2D eigenvalue weighted by molar-refractivity contribution is 5.76. The van der Waals surface area contributed by atoms with Crippen molar-refractivity contribution in [2.75, 3.05) is 25.5 Å². The van der Waals surface area contributed by atoms with Gasteiger partial charge in [0.15, 0.2) is 0 Å². The number of aromatic nitrogens is 2. The Bertz CT molecular complexity index is 647. The van der Waals surface area contributed by atoms with Crippen molar-refractivity contribution < 1.29 is 4.79 Å². The summed E-state index contributed by atoms with van der Waals surface area (Å²) in [6.07, 6.45) is 5.71. The minimum Gasteiger partial charge on any atom is -0.365 e. The number of nitrogens with zero attached hydrogens (tertiary/aromatic N) is 4. The quantitative estimate of drug-likeness (QED) is 0.850. The smallest absolute Gasteiger partial charge is 0.328 e. The van der Waals surface area contributed by atoms with Crippen LogP contribution in [0.4, 0.5) is 10.5 Å². The lowest BCUT2D eigenvalue weighted by molar-refractivity contribution is 0.219. The van der Waals surface area contributed by atoms with E-state index in [4.69, 9.17) is 0 Å². The SMILES string of the molecule is CN(C)C(=O)n1cnc(CN2CCCc3ccccc32)c1. The number of anilines is 1. The largest absolute Gasteiger partial charge is 0.365 e. The highest BCUT2D eigenvalue weighted by atomic mass is 16.2. The van der Waals surface area contributed by atoms with Crippen LogP contribution in [0.1, 0.15) is 17.7 Å². The van der Waals surface area contributed by atoms with Gasteiger partial charge in [-0.2, -0.15) is 0 Å². The van der Waals surface area contributed by atoms with Crippen molar-refractivity contribution in [1.29, 1.82) is 0 Å². The Morgan fingerprint density at radius 2 is 2.14 bits per heavy atom. The Labute approximate surface area is 124 Å². The molecule has 5 nitrogen and oxygen atoms in total. The number of aryl methyl sites for hydroxylation is 1. The molecule has 2 heterocycles. The summed E-state index contributed by atoms with van der Waals surface area (Å²) in [5, 5.41) is 0. The molecular formula is C16H20N4O. The van der Waals surface area contributed by atoms with Crippen LogP contribution in [0, 0.1) is 0 Å². The van der Waals surface area contributed by atoms with Crippen molar-refractivity contribution in [3.63, 3.8) is 0 Å². The molecule has 2 aromatic rings. The minimum atomic E-state index is -0.0761. The zero-order chi connectivity index (χ0) is 14.8. The van der Waals surface area contributed by atoms with Crippen molar-refractivity contribution in [3.05, 3.63) is 48.0 Å². The molecule has 21 heavy (non-hydrogen) atoms. The summed E-state index contributed by atoms with van der Waals surface area (Å²) in [6.45, 7) is 1.77. The molecule has 0 spiro atoms. The number of carbonyl (C=O) groups is 1. The van der Waals surface area contributed by atoms with E-state index in [-0.39, 0.29) is 6.03 Å². The monoisotopic (exact) mass is 284 g/mol. The van der Waals surface area contributed by atoms with Gasteiger partial charge < -0.3 is 9.80 Å². The van der Waals surface area contributed by atoms with Gasteiger partial charge in [0, 0.05) is 32.5 Å². The van der Waals surface area contributed by atoms with Gasteiger partial charge in [0.25, 0.3) is 0 Å². The van der Waals surface area contributed by atoms with E-state index in [2.05, 4.69) is 34.1 Å². The average molecular weight is 284 g/mol. The molecular weight excluding hydrogens is 264 g/mol. The molecule has 1 aromatic carbocycles. The number of amides is 1. The van der Waals surface area contributed by atoms with Crippen molar-refractivity contribution >= 4 is 11.7 Å². The Kier molecular flexibility index (Phi) is 3.64. The Morgan fingerprint density at radius 1 is 1.33 bits per heavy atom. The molecule has 0 aliphatic carbocycles. The summed E-state index contributed by atoms with van der Waals surface area (Å²) in [6, 6.07) is 8.44.